The molecule has 6 nitrogen and oxygen atoms in total. The molecule has 0 atom stereocenters. The van der Waals surface area contributed by atoms with Crippen LogP contribution in [-0.2, 0) is 10.0 Å². The Balaban J connectivity index is 2.14. The summed E-state index contributed by atoms with van der Waals surface area (Å²) in [5.74, 6) is 0.470. The molecule has 2 aromatic rings. The van der Waals surface area contributed by atoms with Crippen LogP contribution in [0, 0.1) is 0 Å². The molecule has 1 N–H and O–H groups in total. The van der Waals surface area contributed by atoms with Gasteiger partial charge in [-0.1, -0.05) is 0 Å². The summed E-state index contributed by atoms with van der Waals surface area (Å²) < 4.78 is 30.6. The number of benzene rings is 2. The van der Waals surface area contributed by atoms with Gasteiger partial charge in [0.1, 0.15) is 5.75 Å². The van der Waals surface area contributed by atoms with Crippen molar-refractivity contribution in [3.05, 3.63) is 54.1 Å². The predicted molar refractivity (Wildman–Crippen MR) is 99.9 cm³/mol. The van der Waals surface area contributed by atoms with E-state index in [1.807, 2.05) is 0 Å². The zero-order chi connectivity index (χ0) is 18.4. The molecule has 2 rings (SSSR count). The van der Waals surface area contributed by atoms with E-state index in [1.165, 1.54) is 4.31 Å². The number of ether oxygens (including phenoxy) is 1. The smallest absolute Gasteiger partial charge is 0.255 e. The molecule has 7 heteroatoms. The Morgan fingerprint density at radius 2 is 1.64 bits per heavy atom. The zero-order valence-corrected chi connectivity index (χ0v) is 15.3. The SMILES string of the molecule is CCN(c1ccc(C(=O)Nc2ccc(OC)cc2)cc1)S(=O)(=O)CC. The van der Waals surface area contributed by atoms with Crippen molar-refractivity contribution in [1.82, 2.24) is 0 Å². The van der Waals surface area contributed by atoms with Crippen LogP contribution in [0.15, 0.2) is 48.5 Å². The largest absolute Gasteiger partial charge is 0.497 e. The van der Waals surface area contributed by atoms with E-state index in [2.05, 4.69) is 5.32 Å². The average Bonchev–Trinajstić information content (AvgIpc) is 2.63. The van der Waals surface area contributed by atoms with E-state index in [0.717, 1.165) is 0 Å². The monoisotopic (exact) mass is 362 g/mol. The van der Waals surface area contributed by atoms with Gasteiger partial charge >= 0.3 is 0 Å². The summed E-state index contributed by atoms with van der Waals surface area (Å²) in [5, 5.41) is 2.79. The van der Waals surface area contributed by atoms with Crippen LogP contribution in [0.25, 0.3) is 0 Å². The van der Waals surface area contributed by atoms with Gasteiger partial charge in [-0.15, -0.1) is 0 Å². The number of nitrogens with one attached hydrogen (secondary N) is 1. The Bertz CT molecular complexity index is 815. The molecule has 0 saturated carbocycles. The number of amides is 1. The number of hydrogen-bond acceptors (Lipinski definition) is 4. The van der Waals surface area contributed by atoms with Crippen molar-refractivity contribution >= 4 is 27.3 Å². The summed E-state index contributed by atoms with van der Waals surface area (Å²) in [5.41, 5.74) is 1.65. The maximum absolute atomic E-state index is 12.3. The van der Waals surface area contributed by atoms with E-state index in [9.17, 15) is 13.2 Å². The van der Waals surface area contributed by atoms with Gasteiger partial charge in [0.05, 0.1) is 18.6 Å². The van der Waals surface area contributed by atoms with Gasteiger partial charge in [-0.2, -0.15) is 0 Å². The Labute approximate surface area is 148 Å². The molecule has 2 aromatic carbocycles. The number of methoxy groups -OCH3 is 1. The molecule has 134 valence electrons. The van der Waals surface area contributed by atoms with E-state index >= 15 is 0 Å². The van der Waals surface area contributed by atoms with Crippen molar-refractivity contribution in [3.63, 3.8) is 0 Å². The Morgan fingerprint density at radius 3 is 2.12 bits per heavy atom. The van der Waals surface area contributed by atoms with Crippen LogP contribution in [0.1, 0.15) is 24.2 Å². The third kappa shape index (κ3) is 4.51. The molecule has 0 aliphatic heterocycles. The summed E-state index contributed by atoms with van der Waals surface area (Å²) in [6.45, 7) is 3.72. The van der Waals surface area contributed by atoms with Gasteiger partial charge in [-0.3, -0.25) is 9.10 Å². The second kappa shape index (κ2) is 8.02. The van der Waals surface area contributed by atoms with E-state index in [0.29, 0.717) is 29.2 Å². The number of sulfonamides is 1. The normalized spacial score (nSPS) is 11.0. The zero-order valence-electron chi connectivity index (χ0n) is 14.5. The molecule has 0 aliphatic rings. The first-order valence-corrected chi connectivity index (χ1v) is 9.58. The molecule has 0 aromatic heterocycles. The number of carbonyl (C=O) groups excluding carboxylic acids is 1. The minimum Gasteiger partial charge on any atom is -0.497 e. The molecule has 0 saturated heterocycles. The van der Waals surface area contributed by atoms with Crippen molar-refractivity contribution in [2.24, 2.45) is 0 Å². The molecule has 0 unspecified atom stereocenters. The highest BCUT2D eigenvalue weighted by molar-refractivity contribution is 7.92. The highest BCUT2D eigenvalue weighted by Crippen LogP contribution is 2.20. The standard InChI is InChI=1S/C18H22N2O4S/c1-4-20(25(22,23)5-2)16-10-6-14(7-11-16)18(21)19-15-8-12-17(24-3)13-9-15/h6-13H,4-5H2,1-3H3,(H,19,21). The summed E-state index contributed by atoms with van der Waals surface area (Å²) in [4.78, 5) is 12.3. The third-order valence-electron chi connectivity index (χ3n) is 3.75. The lowest BCUT2D eigenvalue weighted by Crippen LogP contribution is -2.32. The molecule has 0 bridgehead atoms. The molecule has 0 heterocycles. The highest BCUT2D eigenvalue weighted by atomic mass is 32.2. The molecule has 1 amide bonds. The molecule has 25 heavy (non-hydrogen) atoms. The first-order valence-electron chi connectivity index (χ1n) is 7.97. The number of hydrogen-bond donors (Lipinski definition) is 1. The van der Waals surface area contributed by atoms with Gasteiger partial charge < -0.3 is 10.1 Å². The van der Waals surface area contributed by atoms with E-state index in [-0.39, 0.29) is 11.7 Å². The lowest BCUT2D eigenvalue weighted by Gasteiger charge is -2.22. The summed E-state index contributed by atoms with van der Waals surface area (Å²) in [6.07, 6.45) is 0. The van der Waals surface area contributed by atoms with Crippen LogP contribution < -0.4 is 14.4 Å². The van der Waals surface area contributed by atoms with Crippen molar-refractivity contribution in [1.29, 1.82) is 0 Å². The second-order valence-corrected chi connectivity index (χ2v) is 7.48. The fourth-order valence-corrected chi connectivity index (χ4v) is 3.50. The average molecular weight is 362 g/mol. The molecular weight excluding hydrogens is 340 g/mol. The molecule has 0 radical (unpaired) electrons. The van der Waals surface area contributed by atoms with E-state index in [4.69, 9.17) is 4.74 Å². The minimum absolute atomic E-state index is 0.0283. The van der Waals surface area contributed by atoms with E-state index < -0.39 is 10.0 Å². The molecular formula is C18H22N2O4S. The Kier molecular flexibility index (Phi) is 6.03. The summed E-state index contributed by atoms with van der Waals surface area (Å²) in [6, 6.07) is 13.5. The van der Waals surface area contributed by atoms with Crippen LogP contribution in [0.3, 0.4) is 0 Å². The van der Waals surface area contributed by atoms with E-state index in [1.54, 1.807) is 69.5 Å². The minimum atomic E-state index is -3.33. The fraction of sp³-hybridized carbons (Fsp3) is 0.278. The van der Waals surface area contributed by atoms with Crippen molar-refractivity contribution in [2.75, 3.05) is 29.0 Å². The van der Waals surface area contributed by atoms with Gasteiger partial charge in [-0.05, 0) is 62.4 Å². The fourth-order valence-electron chi connectivity index (χ4n) is 2.35. The van der Waals surface area contributed by atoms with Crippen LogP contribution in [0.4, 0.5) is 11.4 Å². The Hall–Kier alpha value is -2.54. The molecule has 0 spiro atoms. The van der Waals surface area contributed by atoms with Crippen LogP contribution >= 0.6 is 0 Å². The Morgan fingerprint density at radius 1 is 1.04 bits per heavy atom. The van der Waals surface area contributed by atoms with Gasteiger partial charge in [-0.25, -0.2) is 8.42 Å². The summed E-state index contributed by atoms with van der Waals surface area (Å²) >= 11 is 0. The van der Waals surface area contributed by atoms with Crippen molar-refractivity contribution in [2.45, 2.75) is 13.8 Å². The number of rotatable bonds is 7. The van der Waals surface area contributed by atoms with Gasteiger partial charge in [0.25, 0.3) is 5.91 Å². The second-order valence-electron chi connectivity index (χ2n) is 5.29. The third-order valence-corrected chi connectivity index (χ3v) is 5.62. The number of carbonyl (C=O) groups is 1. The maximum atomic E-state index is 12.3. The number of anilines is 2. The highest BCUT2D eigenvalue weighted by Gasteiger charge is 2.19. The van der Waals surface area contributed by atoms with Gasteiger partial charge in [0, 0.05) is 17.8 Å². The summed E-state index contributed by atoms with van der Waals surface area (Å²) in [7, 11) is -1.75. The van der Waals surface area contributed by atoms with Gasteiger partial charge in [0.2, 0.25) is 10.0 Å². The predicted octanol–water partition coefficient (Wildman–Crippen LogP) is 3.12. The maximum Gasteiger partial charge on any atom is 0.255 e. The topological polar surface area (TPSA) is 75.7 Å². The quantitative estimate of drug-likeness (QED) is 0.821. The van der Waals surface area contributed by atoms with Crippen molar-refractivity contribution in [3.8, 4) is 5.75 Å². The van der Waals surface area contributed by atoms with Crippen LogP contribution in [0.2, 0.25) is 0 Å². The first-order chi connectivity index (χ1) is 11.9. The van der Waals surface area contributed by atoms with Crippen LogP contribution in [-0.4, -0.2) is 33.7 Å². The number of nitrogens with zero attached hydrogens (tertiary/aromatic N) is 1. The lowest BCUT2D eigenvalue weighted by atomic mass is 10.2. The molecule has 0 fully saturated rings. The lowest BCUT2D eigenvalue weighted by molar-refractivity contribution is 0.102. The van der Waals surface area contributed by atoms with Crippen molar-refractivity contribution < 1.29 is 17.9 Å². The molecule has 0 aliphatic carbocycles. The van der Waals surface area contributed by atoms with Gasteiger partial charge in [0.15, 0.2) is 0 Å². The van der Waals surface area contributed by atoms with Crippen LogP contribution in [0.5, 0.6) is 5.75 Å². The first kappa shape index (κ1) is 18.8.